The van der Waals surface area contributed by atoms with Crippen LogP contribution in [0.5, 0.6) is 0 Å². The summed E-state index contributed by atoms with van der Waals surface area (Å²) >= 11 is 12.1. The molecular weight excluding hydrogens is 400 g/mol. The third-order valence-corrected chi connectivity index (χ3v) is 5.39. The molecule has 0 radical (unpaired) electrons. The van der Waals surface area contributed by atoms with Gasteiger partial charge in [-0.15, -0.1) is 0 Å². The summed E-state index contributed by atoms with van der Waals surface area (Å²) < 4.78 is 51.6. The van der Waals surface area contributed by atoms with Crippen LogP contribution in [0, 0.1) is 11.3 Å². The second kappa shape index (κ2) is 7.23. The highest BCUT2D eigenvalue weighted by Crippen LogP contribution is 2.45. The van der Waals surface area contributed by atoms with Crippen LogP contribution in [0.25, 0.3) is 11.3 Å². The monoisotopic (exact) mass is 410 g/mol. The summed E-state index contributed by atoms with van der Waals surface area (Å²) in [5.41, 5.74) is -1.95. The van der Waals surface area contributed by atoms with Gasteiger partial charge in [0.1, 0.15) is 11.0 Å². The van der Waals surface area contributed by atoms with Crippen LogP contribution in [-0.2, 0) is 17.0 Å². The Morgan fingerprint density at radius 2 is 2.08 bits per heavy atom. The Labute approximate surface area is 153 Å². The maximum Gasteiger partial charge on any atom is 0.417 e. The molecule has 0 spiro atoms. The van der Waals surface area contributed by atoms with Crippen molar-refractivity contribution >= 4 is 39.8 Å². The number of aromatic nitrogens is 2. The molecule has 2 rings (SSSR count). The van der Waals surface area contributed by atoms with Gasteiger partial charge in [-0.05, 0) is 6.07 Å². The van der Waals surface area contributed by atoms with E-state index in [1.807, 2.05) is 0 Å². The topological polar surface area (TPSA) is 81.6 Å². The third kappa shape index (κ3) is 3.47. The molecule has 1 unspecified atom stereocenters. The van der Waals surface area contributed by atoms with Gasteiger partial charge >= 0.3 is 6.18 Å². The molecule has 0 aliphatic rings. The lowest BCUT2D eigenvalue weighted by molar-refractivity contribution is -0.137. The fraction of sp³-hybridized carbons (Fsp3) is 0.286. The minimum absolute atomic E-state index is 0.0568. The number of anilines is 1. The van der Waals surface area contributed by atoms with Crippen molar-refractivity contribution in [1.29, 1.82) is 5.26 Å². The maximum atomic E-state index is 13.1. The maximum absolute atomic E-state index is 13.1. The number of hydrogen-bond acceptors (Lipinski definition) is 4. The van der Waals surface area contributed by atoms with Gasteiger partial charge in [-0.25, -0.2) is 0 Å². The average molecular weight is 411 g/mol. The van der Waals surface area contributed by atoms with Crippen LogP contribution in [0.15, 0.2) is 11.0 Å². The average Bonchev–Trinajstić information content (AvgIpc) is 2.96. The zero-order chi connectivity index (χ0) is 18.9. The highest BCUT2D eigenvalue weighted by atomic mass is 35.5. The molecule has 1 aromatic heterocycles. The molecule has 2 N–H and O–H groups in total. The highest BCUT2D eigenvalue weighted by Gasteiger charge is 2.37. The van der Waals surface area contributed by atoms with Gasteiger partial charge in [0.25, 0.3) is 0 Å². The van der Waals surface area contributed by atoms with E-state index in [1.165, 1.54) is 6.07 Å². The number of nitriles is 1. The van der Waals surface area contributed by atoms with E-state index in [-0.39, 0.29) is 32.7 Å². The van der Waals surface area contributed by atoms with Crippen molar-refractivity contribution in [2.24, 2.45) is 0 Å². The number of nitrogens with zero attached hydrogens (tertiary/aromatic N) is 2. The SMILES string of the molecule is CCS(=O)c1c(NC)n[nH]c1-c1c(Cl)cc(C(F)(F)F)c(C#N)c1Cl. The molecule has 0 fully saturated rings. The number of halogens is 5. The fourth-order valence-electron chi connectivity index (χ4n) is 2.22. The number of benzene rings is 1. The summed E-state index contributed by atoms with van der Waals surface area (Å²) in [5, 5.41) is 17.6. The Morgan fingerprint density at radius 1 is 1.44 bits per heavy atom. The van der Waals surface area contributed by atoms with E-state index in [9.17, 15) is 17.4 Å². The number of alkyl halides is 3. The van der Waals surface area contributed by atoms with Gasteiger partial charge in [-0.1, -0.05) is 30.1 Å². The minimum Gasteiger partial charge on any atom is -0.371 e. The molecule has 0 saturated carbocycles. The molecule has 0 bridgehead atoms. The summed E-state index contributed by atoms with van der Waals surface area (Å²) in [6, 6.07) is 2.08. The summed E-state index contributed by atoms with van der Waals surface area (Å²) in [5.74, 6) is 0.489. The Bertz CT molecular complexity index is 890. The van der Waals surface area contributed by atoms with Gasteiger partial charge in [0.2, 0.25) is 0 Å². The van der Waals surface area contributed by atoms with Gasteiger partial charge < -0.3 is 5.32 Å². The molecule has 5 nitrogen and oxygen atoms in total. The van der Waals surface area contributed by atoms with Crippen molar-refractivity contribution in [3.8, 4) is 17.3 Å². The standard InChI is InChI=1S/C14H11Cl2F3N4OS/c1-3-25(24)12-11(22-23-13(12)21-2)9-8(15)4-7(14(17,18)19)6(5-20)10(9)16/h4H,3H2,1-2H3,(H2,21,22,23). The van der Waals surface area contributed by atoms with Crippen molar-refractivity contribution in [1.82, 2.24) is 10.2 Å². The van der Waals surface area contributed by atoms with Crippen molar-refractivity contribution in [2.45, 2.75) is 18.0 Å². The van der Waals surface area contributed by atoms with E-state index < -0.39 is 33.1 Å². The molecule has 0 amide bonds. The first-order valence-electron chi connectivity index (χ1n) is 6.81. The summed E-state index contributed by atoms with van der Waals surface area (Å²) in [6.07, 6.45) is -4.80. The van der Waals surface area contributed by atoms with Crippen LogP contribution in [0.2, 0.25) is 10.0 Å². The highest BCUT2D eigenvalue weighted by molar-refractivity contribution is 7.85. The molecular formula is C14H11Cl2F3N4OS. The minimum atomic E-state index is -4.80. The molecule has 1 heterocycles. The largest absolute Gasteiger partial charge is 0.417 e. The van der Waals surface area contributed by atoms with Crippen LogP contribution < -0.4 is 5.32 Å². The Kier molecular flexibility index (Phi) is 5.66. The quantitative estimate of drug-likeness (QED) is 0.780. The van der Waals surface area contributed by atoms with Gasteiger partial charge in [0.15, 0.2) is 5.82 Å². The lowest BCUT2D eigenvalue weighted by atomic mass is 10.0. The second-order valence-electron chi connectivity index (χ2n) is 4.74. The zero-order valence-corrected chi connectivity index (χ0v) is 15.2. The first kappa shape index (κ1) is 19.6. The number of H-pyrrole nitrogens is 1. The lowest BCUT2D eigenvalue weighted by Crippen LogP contribution is -2.09. The summed E-state index contributed by atoms with van der Waals surface area (Å²) in [4.78, 5) is 0.220. The molecule has 1 atom stereocenters. The number of rotatable bonds is 4. The van der Waals surface area contributed by atoms with Crippen molar-refractivity contribution in [2.75, 3.05) is 18.1 Å². The Hall–Kier alpha value is -1.76. The van der Waals surface area contributed by atoms with Gasteiger partial charge in [0, 0.05) is 18.4 Å². The van der Waals surface area contributed by atoms with Crippen LogP contribution in [-0.4, -0.2) is 27.2 Å². The second-order valence-corrected chi connectivity index (χ2v) is 7.20. The predicted molar refractivity (Wildman–Crippen MR) is 90.3 cm³/mol. The number of aromatic amines is 1. The zero-order valence-electron chi connectivity index (χ0n) is 12.9. The van der Waals surface area contributed by atoms with E-state index in [0.717, 1.165) is 0 Å². The van der Waals surface area contributed by atoms with E-state index in [1.54, 1.807) is 14.0 Å². The Morgan fingerprint density at radius 3 is 2.56 bits per heavy atom. The van der Waals surface area contributed by atoms with Crippen molar-refractivity contribution < 1.29 is 17.4 Å². The van der Waals surface area contributed by atoms with Crippen molar-refractivity contribution in [3.05, 3.63) is 27.2 Å². The van der Waals surface area contributed by atoms with E-state index in [2.05, 4.69) is 15.5 Å². The van der Waals surface area contributed by atoms with Gasteiger partial charge in [-0.2, -0.15) is 23.5 Å². The summed E-state index contributed by atoms with van der Waals surface area (Å²) in [7, 11) is 0.0396. The molecule has 0 aliphatic carbocycles. The first-order chi connectivity index (χ1) is 11.7. The molecule has 134 valence electrons. The summed E-state index contributed by atoms with van der Waals surface area (Å²) in [6.45, 7) is 1.67. The molecule has 0 aliphatic heterocycles. The van der Waals surface area contributed by atoms with Gasteiger partial charge in [0.05, 0.1) is 37.7 Å². The van der Waals surface area contributed by atoms with E-state index >= 15 is 0 Å². The van der Waals surface area contributed by atoms with Crippen molar-refractivity contribution in [3.63, 3.8) is 0 Å². The molecule has 1 aromatic carbocycles. The third-order valence-electron chi connectivity index (χ3n) is 3.33. The number of nitrogens with one attached hydrogen (secondary N) is 2. The fourth-order valence-corrected chi connectivity index (χ4v) is 3.93. The normalized spacial score (nSPS) is 12.7. The van der Waals surface area contributed by atoms with E-state index in [0.29, 0.717) is 6.07 Å². The molecule has 11 heteroatoms. The van der Waals surface area contributed by atoms with Crippen LogP contribution in [0.1, 0.15) is 18.1 Å². The first-order valence-corrected chi connectivity index (χ1v) is 8.88. The van der Waals surface area contributed by atoms with Crippen LogP contribution in [0.4, 0.5) is 19.0 Å². The van der Waals surface area contributed by atoms with Gasteiger partial charge in [-0.3, -0.25) is 9.31 Å². The predicted octanol–water partition coefficient (Wildman–Crippen LogP) is 4.44. The Balaban J connectivity index is 2.85. The molecule has 0 saturated heterocycles. The molecule has 25 heavy (non-hydrogen) atoms. The van der Waals surface area contributed by atoms with E-state index in [4.69, 9.17) is 28.5 Å². The molecule has 2 aromatic rings. The van der Waals surface area contributed by atoms with Crippen LogP contribution >= 0.6 is 23.2 Å². The smallest absolute Gasteiger partial charge is 0.371 e. The number of hydrogen-bond donors (Lipinski definition) is 2. The lowest BCUT2D eigenvalue weighted by Gasteiger charge is -2.15. The van der Waals surface area contributed by atoms with Crippen LogP contribution in [0.3, 0.4) is 0 Å².